The summed E-state index contributed by atoms with van der Waals surface area (Å²) in [5, 5.41) is 0. The highest BCUT2D eigenvalue weighted by Gasteiger charge is 2.10. The van der Waals surface area contributed by atoms with E-state index in [1.54, 1.807) is 6.92 Å². The molecule has 1 aromatic carbocycles. The molecule has 1 unspecified atom stereocenters. The number of para-hydroxylation sites is 1. The minimum Gasteiger partial charge on any atom is -0.492 e. The first-order chi connectivity index (χ1) is 7.15. The van der Waals surface area contributed by atoms with Gasteiger partial charge in [-0.1, -0.05) is 25.1 Å². The minimum atomic E-state index is -0.361. The van der Waals surface area contributed by atoms with E-state index in [4.69, 9.17) is 16.2 Å². The summed E-state index contributed by atoms with van der Waals surface area (Å²) in [7, 11) is 0. The summed E-state index contributed by atoms with van der Waals surface area (Å²) >= 11 is 0. The Morgan fingerprint density at radius 3 is 2.73 bits per heavy atom. The fourth-order valence-electron chi connectivity index (χ4n) is 1.11. The summed E-state index contributed by atoms with van der Waals surface area (Å²) < 4.78 is 5.47. The minimum absolute atomic E-state index is 0.284. The van der Waals surface area contributed by atoms with Gasteiger partial charge in [0.1, 0.15) is 5.75 Å². The first kappa shape index (κ1) is 11.5. The number of rotatable bonds is 5. The molecule has 4 N–H and O–H groups in total. The Labute approximate surface area is 89.2 Å². The molecule has 0 saturated heterocycles. The summed E-state index contributed by atoms with van der Waals surface area (Å²) in [6.07, 6.45) is 0. The van der Waals surface area contributed by atoms with Gasteiger partial charge in [0.05, 0.1) is 12.5 Å². The van der Waals surface area contributed by atoms with Gasteiger partial charge in [0, 0.05) is 12.1 Å². The maximum Gasteiger partial charge on any atom is 0.223 e. The van der Waals surface area contributed by atoms with E-state index in [1.807, 2.05) is 24.3 Å². The lowest BCUT2D eigenvalue weighted by Gasteiger charge is -2.12. The van der Waals surface area contributed by atoms with Crippen LogP contribution >= 0.6 is 0 Å². The zero-order chi connectivity index (χ0) is 11.3. The highest BCUT2D eigenvalue weighted by molar-refractivity contribution is 5.76. The molecule has 15 heavy (non-hydrogen) atoms. The Morgan fingerprint density at radius 1 is 1.47 bits per heavy atom. The molecule has 4 heteroatoms. The van der Waals surface area contributed by atoms with Crippen molar-refractivity contribution < 1.29 is 9.53 Å². The van der Waals surface area contributed by atoms with E-state index in [2.05, 4.69) is 0 Å². The van der Waals surface area contributed by atoms with Gasteiger partial charge in [-0.3, -0.25) is 4.79 Å². The van der Waals surface area contributed by atoms with Gasteiger partial charge in [-0.25, -0.2) is 0 Å². The second-order valence-corrected chi connectivity index (χ2v) is 3.43. The van der Waals surface area contributed by atoms with Crippen LogP contribution in [0.5, 0.6) is 5.75 Å². The molecule has 1 atom stereocenters. The number of primary amides is 1. The Bertz CT molecular complexity index is 339. The molecule has 1 rings (SSSR count). The standard InChI is InChI=1S/C11H16N2O2/c1-8(11(13)14)7-15-10-5-3-2-4-9(10)6-12/h2-5,8H,6-7,12H2,1H3,(H2,13,14). The van der Waals surface area contributed by atoms with Gasteiger partial charge in [-0.2, -0.15) is 0 Å². The molecule has 0 saturated carbocycles. The second kappa shape index (κ2) is 5.36. The molecule has 0 aliphatic heterocycles. The summed E-state index contributed by atoms with van der Waals surface area (Å²) in [5.74, 6) is 0.0594. The fourth-order valence-corrected chi connectivity index (χ4v) is 1.11. The number of amides is 1. The quantitative estimate of drug-likeness (QED) is 0.745. The number of hydrogen-bond acceptors (Lipinski definition) is 3. The van der Waals surface area contributed by atoms with Gasteiger partial charge in [-0.05, 0) is 6.07 Å². The van der Waals surface area contributed by atoms with Crippen molar-refractivity contribution in [2.45, 2.75) is 13.5 Å². The van der Waals surface area contributed by atoms with E-state index in [1.165, 1.54) is 0 Å². The van der Waals surface area contributed by atoms with Crippen LogP contribution in [-0.2, 0) is 11.3 Å². The fraction of sp³-hybridized carbons (Fsp3) is 0.364. The maximum absolute atomic E-state index is 10.8. The highest BCUT2D eigenvalue weighted by atomic mass is 16.5. The van der Waals surface area contributed by atoms with Crippen LogP contribution in [0.1, 0.15) is 12.5 Å². The number of carbonyl (C=O) groups excluding carboxylic acids is 1. The molecule has 0 radical (unpaired) electrons. The van der Waals surface area contributed by atoms with Gasteiger partial charge in [0.15, 0.2) is 0 Å². The second-order valence-electron chi connectivity index (χ2n) is 3.43. The largest absolute Gasteiger partial charge is 0.492 e. The Kier molecular flexibility index (Phi) is 4.12. The molecule has 1 aromatic rings. The number of carbonyl (C=O) groups is 1. The topological polar surface area (TPSA) is 78.3 Å². The van der Waals surface area contributed by atoms with E-state index < -0.39 is 0 Å². The van der Waals surface area contributed by atoms with Crippen LogP contribution in [0.4, 0.5) is 0 Å². The lowest BCUT2D eigenvalue weighted by Crippen LogP contribution is -2.26. The van der Waals surface area contributed by atoms with Crippen molar-refractivity contribution in [3.8, 4) is 5.75 Å². The zero-order valence-corrected chi connectivity index (χ0v) is 8.77. The predicted molar refractivity (Wildman–Crippen MR) is 58.2 cm³/mol. The molecule has 0 spiro atoms. The number of nitrogens with two attached hydrogens (primary N) is 2. The lowest BCUT2D eigenvalue weighted by atomic mass is 10.2. The predicted octanol–water partition coefficient (Wildman–Crippen LogP) is 0.645. The van der Waals surface area contributed by atoms with Crippen LogP contribution < -0.4 is 16.2 Å². The van der Waals surface area contributed by atoms with Crippen molar-refractivity contribution >= 4 is 5.91 Å². The van der Waals surface area contributed by atoms with E-state index in [9.17, 15) is 4.79 Å². The first-order valence-electron chi connectivity index (χ1n) is 4.85. The van der Waals surface area contributed by atoms with Crippen LogP contribution in [0.3, 0.4) is 0 Å². The van der Waals surface area contributed by atoms with Crippen molar-refractivity contribution in [2.24, 2.45) is 17.4 Å². The summed E-state index contributed by atoms with van der Waals surface area (Å²) in [6, 6.07) is 7.48. The van der Waals surface area contributed by atoms with E-state index in [-0.39, 0.29) is 18.4 Å². The van der Waals surface area contributed by atoms with Crippen LogP contribution in [0.15, 0.2) is 24.3 Å². The average Bonchev–Trinajstić information content (AvgIpc) is 2.26. The van der Waals surface area contributed by atoms with Crippen LogP contribution in [0, 0.1) is 5.92 Å². The average molecular weight is 208 g/mol. The molecular weight excluding hydrogens is 192 g/mol. The number of ether oxygens (including phenoxy) is 1. The highest BCUT2D eigenvalue weighted by Crippen LogP contribution is 2.17. The van der Waals surface area contributed by atoms with Gasteiger partial charge < -0.3 is 16.2 Å². The first-order valence-corrected chi connectivity index (χ1v) is 4.85. The van der Waals surface area contributed by atoms with Gasteiger partial charge in [0.25, 0.3) is 0 Å². The third kappa shape index (κ3) is 3.25. The maximum atomic E-state index is 10.8. The van der Waals surface area contributed by atoms with Crippen LogP contribution in [0.2, 0.25) is 0 Å². The van der Waals surface area contributed by atoms with Crippen molar-refractivity contribution in [1.29, 1.82) is 0 Å². The van der Waals surface area contributed by atoms with E-state index >= 15 is 0 Å². The Balaban J connectivity index is 2.60. The van der Waals surface area contributed by atoms with Gasteiger partial charge in [0.2, 0.25) is 5.91 Å². The van der Waals surface area contributed by atoms with Crippen molar-refractivity contribution in [3.63, 3.8) is 0 Å². The molecule has 0 fully saturated rings. The van der Waals surface area contributed by atoms with Crippen molar-refractivity contribution in [2.75, 3.05) is 6.61 Å². The molecule has 82 valence electrons. The molecule has 0 aromatic heterocycles. The number of benzene rings is 1. The third-order valence-corrected chi connectivity index (χ3v) is 2.17. The molecule has 0 bridgehead atoms. The van der Waals surface area contributed by atoms with Gasteiger partial charge in [-0.15, -0.1) is 0 Å². The van der Waals surface area contributed by atoms with Crippen molar-refractivity contribution in [3.05, 3.63) is 29.8 Å². The molecule has 4 nitrogen and oxygen atoms in total. The summed E-state index contributed by atoms with van der Waals surface area (Å²) in [4.78, 5) is 10.8. The SMILES string of the molecule is CC(COc1ccccc1CN)C(N)=O. The van der Waals surface area contributed by atoms with Crippen molar-refractivity contribution in [1.82, 2.24) is 0 Å². The zero-order valence-electron chi connectivity index (χ0n) is 8.77. The van der Waals surface area contributed by atoms with E-state index in [0.717, 1.165) is 5.56 Å². The third-order valence-electron chi connectivity index (χ3n) is 2.17. The molecular formula is C11H16N2O2. The molecule has 0 aliphatic carbocycles. The van der Waals surface area contributed by atoms with Crippen LogP contribution in [-0.4, -0.2) is 12.5 Å². The summed E-state index contributed by atoms with van der Waals surface area (Å²) in [5.41, 5.74) is 11.6. The van der Waals surface area contributed by atoms with Crippen LogP contribution in [0.25, 0.3) is 0 Å². The molecule has 0 heterocycles. The number of hydrogen-bond donors (Lipinski definition) is 2. The Morgan fingerprint density at radius 2 is 2.13 bits per heavy atom. The molecule has 1 amide bonds. The lowest BCUT2D eigenvalue weighted by molar-refractivity contribution is -0.122. The monoisotopic (exact) mass is 208 g/mol. The van der Waals surface area contributed by atoms with E-state index in [0.29, 0.717) is 12.3 Å². The molecule has 0 aliphatic rings. The van der Waals surface area contributed by atoms with Gasteiger partial charge >= 0.3 is 0 Å². The smallest absolute Gasteiger partial charge is 0.223 e. The normalized spacial score (nSPS) is 12.1. The summed E-state index contributed by atoms with van der Waals surface area (Å²) in [6.45, 7) is 2.43. The Hall–Kier alpha value is -1.55.